The molecule has 1 aromatic carbocycles. The third-order valence-corrected chi connectivity index (χ3v) is 4.19. The molecule has 1 N–H and O–H groups in total. The zero-order chi connectivity index (χ0) is 16.3. The summed E-state index contributed by atoms with van der Waals surface area (Å²) in [5, 5.41) is 7.91. The number of ketones is 1. The Kier molecular flexibility index (Phi) is 4.87. The van der Waals surface area contributed by atoms with E-state index in [0.29, 0.717) is 16.1 Å². The van der Waals surface area contributed by atoms with Gasteiger partial charge in [-0.1, -0.05) is 11.3 Å². The molecule has 0 unspecified atom stereocenters. The molecule has 2 rings (SSSR count). The molecule has 1 heterocycles. The van der Waals surface area contributed by atoms with Crippen LogP contribution in [0.4, 0.5) is 4.39 Å². The molecule has 0 amide bonds. The highest BCUT2D eigenvalue weighted by molar-refractivity contribution is 7.11. The van der Waals surface area contributed by atoms with Crippen LogP contribution < -0.4 is 4.80 Å². The summed E-state index contributed by atoms with van der Waals surface area (Å²) in [5.41, 5.74) is 0.875. The summed E-state index contributed by atoms with van der Waals surface area (Å²) in [4.78, 5) is 24.4. The number of benzene rings is 1. The Morgan fingerprint density at radius 2 is 1.95 bits per heavy atom. The average Bonchev–Trinajstić information content (AvgIpc) is 2.76. The lowest BCUT2D eigenvalue weighted by atomic mass is 10.1. The third kappa shape index (κ3) is 3.30. The monoisotopic (exact) mass is 322 g/mol. The van der Waals surface area contributed by atoms with Crippen LogP contribution in [0.2, 0.25) is 0 Å². The second-order valence-corrected chi connectivity index (χ2v) is 5.56. The van der Waals surface area contributed by atoms with Crippen LogP contribution in [0.5, 0.6) is 0 Å². The van der Waals surface area contributed by atoms with Gasteiger partial charge in [-0.3, -0.25) is 10.2 Å². The number of carbonyl (C=O) groups is 2. The molecular weight excluding hydrogens is 307 g/mol. The van der Waals surface area contributed by atoms with Gasteiger partial charge in [-0.15, -0.1) is 0 Å². The van der Waals surface area contributed by atoms with E-state index in [1.807, 2.05) is 0 Å². The van der Waals surface area contributed by atoms with Gasteiger partial charge in [0.05, 0.1) is 13.2 Å². The number of nitrogens with one attached hydrogen (secondary N) is 1. The Hall–Kier alpha value is -2.28. The minimum atomic E-state index is -0.494. The van der Waals surface area contributed by atoms with Crippen LogP contribution in [-0.4, -0.2) is 22.9 Å². The number of carbonyl (C=O) groups excluding carboxylic acids is 2. The number of esters is 1. The Morgan fingerprint density at radius 3 is 2.55 bits per heavy atom. The summed E-state index contributed by atoms with van der Waals surface area (Å²) in [6, 6.07) is 5.22. The molecule has 0 atom stereocenters. The Labute approximate surface area is 130 Å². The van der Waals surface area contributed by atoms with E-state index in [9.17, 15) is 14.0 Å². The lowest BCUT2D eigenvalue weighted by Crippen LogP contribution is -2.21. The van der Waals surface area contributed by atoms with E-state index in [0.717, 1.165) is 11.3 Å². The third-order valence-electron chi connectivity index (χ3n) is 3.11. The predicted molar refractivity (Wildman–Crippen MR) is 79.6 cm³/mol. The van der Waals surface area contributed by atoms with Crippen LogP contribution in [0.1, 0.15) is 32.6 Å². The Bertz CT molecular complexity index is 762. The first-order chi connectivity index (χ1) is 10.4. The smallest absolute Gasteiger partial charge is 0.350 e. The van der Waals surface area contributed by atoms with E-state index in [2.05, 4.69) is 0 Å². The first kappa shape index (κ1) is 16.1. The Balaban J connectivity index is 2.26. The van der Waals surface area contributed by atoms with E-state index in [4.69, 9.17) is 10.1 Å². The normalized spacial score (nSPS) is 10.5. The molecule has 0 aliphatic rings. The maximum absolute atomic E-state index is 12.9. The quantitative estimate of drug-likeness (QED) is 0.679. The molecule has 116 valence electrons. The van der Waals surface area contributed by atoms with Crippen molar-refractivity contribution in [3.05, 3.63) is 51.0 Å². The lowest BCUT2D eigenvalue weighted by molar-refractivity contribution is 0.0530. The fourth-order valence-electron chi connectivity index (χ4n) is 1.95. The average molecular weight is 322 g/mol. The van der Waals surface area contributed by atoms with Crippen molar-refractivity contribution in [3.63, 3.8) is 0 Å². The van der Waals surface area contributed by atoms with Gasteiger partial charge in [0.2, 0.25) is 0 Å². The minimum Gasteiger partial charge on any atom is -0.462 e. The standard InChI is InChI=1S/C15H15FN2O3S/c1-3-21-14(20)13-9(2)18(15(17)22-13)8-12(19)10-4-6-11(16)7-5-10/h4-7,17H,3,8H2,1-2H3. The first-order valence-electron chi connectivity index (χ1n) is 6.64. The number of hydrogen-bond acceptors (Lipinski definition) is 5. The van der Waals surface area contributed by atoms with Gasteiger partial charge in [0.1, 0.15) is 10.7 Å². The summed E-state index contributed by atoms with van der Waals surface area (Å²) >= 11 is 0.972. The van der Waals surface area contributed by atoms with E-state index in [1.54, 1.807) is 13.8 Å². The van der Waals surface area contributed by atoms with Crippen molar-refractivity contribution in [1.82, 2.24) is 4.57 Å². The van der Waals surface area contributed by atoms with Crippen molar-refractivity contribution in [2.75, 3.05) is 6.61 Å². The van der Waals surface area contributed by atoms with Crippen molar-refractivity contribution in [3.8, 4) is 0 Å². The van der Waals surface area contributed by atoms with Crippen molar-refractivity contribution in [1.29, 1.82) is 5.41 Å². The van der Waals surface area contributed by atoms with Gasteiger partial charge in [0, 0.05) is 11.3 Å². The van der Waals surface area contributed by atoms with Gasteiger partial charge in [-0.25, -0.2) is 9.18 Å². The SMILES string of the molecule is CCOC(=O)c1sc(=N)n(CC(=O)c2ccc(F)cc2)c1C. The number of Topliss-reactive ketones (excluding diaryl/α,β-unsaturated/α-hetero) is 1. The van der Waals surface area contributed by atoms with Crippen LogP contribution >= 0.6 is 11.3 Å². The molecule has 2 aromatic rings. The molecule has 0 fully saturated rings. The zero-order valence-electron chi connectivity index (χ0n) is 12.2. The van der Waals surface area contributed by atoms with E-state index in [1.165, 1.54) is 28.8 Å². The number of thiazole rings is 1. The number of halogens is 1. The van der Waals surface area contributed by atoms with E-state index >= 15 is 0 Å². The zero-order valence-corrected chi connectivity index (χ0v) is 13.0. The van der Waals surface area contributed by atoms with Crippen LogP contribution in [-0.2, 0) is 11.3 Å². The molecule has 1 aromatic heterocycles. The van der Waals surface area contributed by atoms with Gasteiger partial charge in [-0.2, -0.15) is 0 Å². The molecule has 5 nitrogen and oxygen atoms in total. The topological polar surface area (TPSA) is 72.2 Å². The second-order valence-electron chi connectivity index (χ2n) is 4.56. The van der Waals surface area contributed by atoms with Gasteiger partial charge in [-0.05, 0) is 38.1 Å². The van der Waals surface area contributed by atoms with Crippen LogP contribution in [0.3, 0.4) is 0 Å². The molecule has 0 spiro atoms. The minimum absolute atomic E-state index is 0.0772. The van der Waals surface area contributed by atoms with Gasteiger partial charge in [0.15, 0.2) is 10.6 Å². The highest BCUT2D eigenvalue weighted by Crippen LogP contribution is 2.14. The van der Waals surface area contributed by atoms with Crippen molar-refractivity contribution in [2.24, 2.45) is 0 Å². The molecule has 0 aliphatic heterocycles. The van der Waals surface area contributed by atoms with E-state index < -0.39 is 11.8 Å². The first-order valence-corrected chi connectivity index (χ1v) is 7.46. The largest absolute Gasteiger partial charge is 0.462 e. The summed E-state index contributed by atoms with van der Waals surface area (Å²) in [7, 11) is 0. The number of hydrogen-bond donors (Lipinski definition) is 1. The van der Waals surface area contributed by atoms with Crippen molar-refractivity contribution < 1.29 is 18.7 Å². The summed E-state index contributed by atoms with van der Waals surface area (Å²) in [6.45, 7) is 3.54. The van der Waals surface area contributed by atoms with Gasteiger partial charge < -0.3 is 9.30 Å². The van der Waals surface area contributed by atoms with Crippen LogP contribution in [0.15, 0.2) is 24.3 Å². The van der Waals surface area contributed by atoms with Crippen molar-refractivity contribution >= 4 is 23.1 Å². The highest BCUT2D eigenvalue weighted by Gasteiger charge is 2.19. The molecule has 7 heteroatoms. The number of ether oxygens (including phenoxy) is 1. The maximum Gasteiger partial charge on any atom is 0.350 e. The van der Waals surface area contributed by atoms with Gasteiger partial charge in [0.25, 0.3) is 0 Å². The molecular formula is C15H15FN2O3S. The lowest BCUT2D eigenvalue weighted by Gasteiger charge is -2.06. The predicted octanol–water partition coefficient (Wildman–Crippen LogP) is 2.54. The fraction of sp³-hybridized carbons (Fsp3) is 0.267. The molecule has 0 saturated carbocycles. The molecule has 0 aliphatic carbocycles. The fourth-order valence-corrected chi connectivity index (χ4v) is 2.85. The molecule has 0 bridgehead atoms. The highest BCUT2D eigenvalue weighted by atomic mass is 32.1. The summed E-state index contributed by atoms with van der Waals surface area (Å²) in [6.07, 6.45) is 0. The maximum atomic E-state index is 12.9. The second kappa shape index (κ2) is 6.65. The summed E-state index contributed by atoms with van der Waals surface area (Å²) in [5.74, 6) is -1.16. The van der Waals surface area contributed by atoms with Crippen LogP contribution in [0, 0.1) is 18.2 Å². The van der Waals surface area contributed by atoms with Crippen LogP contribution in [0.25, 0.3) is 0 Å². The Morgan fingerprint density at radius 1 is 1.32 bits per heavy atom. The van der Waals surface area contributed by atoms with Gasteiger partial charge >= 0.3 is 5.97 Å². The number of aromatic nitrogens is 1. The summed E-state index contributed by atoms with van der Waals surface area (Å²) < 4.78 is 19.2. The van der Waals surface area contributed by atoms with Crippen molar-refractivity contribution in [2.45, 2.75) is 20.4 Å². The molecule has 22 heavy (non-hydrogen) atoms. The number of nitrogens with zero attached hydrogens (tertiary/aromatic N) is 1. The molecule has 0 saturated heterocycles. The number of rotatable bonds is 5. The van der Waals surface area contributed by atoms with E-state index in [-0.39, 0.29) is 23.7 Å². The molecule has 0 radical (unpaired) electrons.